The molecular weight excluding hydrogens is 170 g/mol. The van der Waals surface area contributed by atoms with Crippen LogP contribution in [0.1, 0.15) is 17.4 Å². The van der Waals surface area contributed by atoms with Crippen molar-refractivity contribution in [1.82, 2.24) is 9.55 Å². The summed E-state index contributed by atoms with van der Waals surface area (Å²) >= 11 is 0. The van der Waals surface area contributed by atoms with Crippen molar-refractivity contribution in [1.29, 1.82) is 0 Å². The number of aromatic amines is 1. The van der Waals surface area contributed by atoms with Gasteiger partial charge in [0.15, 0.2) is 0 Å². The van der Waals surface area contributed by atoms with Crippen LogP contribution in [0.25, 0.3) is 6.08 Å². The van der Waals surface area contributed by atoms with E-state index >= 15 is 0 Å². The fourth-order valence-electron chi connectivity index (χ4n) is 1.38. The predicted octanol–water partition coefficient (Wildman–Crippen LogP) is 0.275. The van der Waals surface area contributed by atoms with Gasteiger partial charge in [-0.1, -0.05) is 6.08 Å². The lowest BCUT2D eigenvalue weighted by atomic mass is 10.3. The van der Waals surface area contributed by atoms with Crippen LogP contribution in [-0.4, -0.2) is 22.0 Å². The molecular formula is C8H9N3O2. The van der Waals surface area contributed by atoms with E-state index in [1.807, 2.05) is 6.08 Å². The summed E-state index contributed by atoms with van der Waals surface area (Å²) < 4.78 is 1.10. The molecule has 0 unspecified atom stereocenters. The largest absolute Gasteiger partial charge is 0.366 e. The van der Waals surface area contributed by atoms with Crippen molar-refractivity contribution in [2.75, 3.05) is 11.9 Å². The zero-order valence-corrected chi connectivity index (χ0v) is 7.13. The van der Waals surface area contributed by atoms with Crippen molar-refractivity contribution in [2.24, 2.45) is 0 Å². The number of nitrogens with one attached hydrogen (secondary N) is 2. The lowest BCUT2D eigenvalue weighted by Gasteiger charge is -2.09. The van der Waals surface area contributed by atoms with Crippen molar-refractivity contribution >= 4 is 17.8 Å². The lowest BCUT2D eigenvalue weighted by Crippen LogP contribution is -2.23. The molecule has 68 valence electrons. The highest BCUT2D eigenvalue weighted by Crippen LogP contribution is 2.16. The van der Waals surface area contributed by atoms with Crippen molar-refractivity contribution in [2.45, 2.75) is 6.92 Å². The van der Waals surface area contributed by atoms with Gasteiger partial charge in [-0.2, -0.15) is 0 Å². The highest BCUT2D eigenvalue weighted by molar-refractivity contribution is 5.82. The summed E-state index contributed by atoms with van der Waals surface area (Å²) in [6, 6.07) is 0. The molecule has 0 aromatic carbocycles. The first kappa shape index (κ1) is 7.85. The number of hydrogen-bond donors (Lipinski definition) is 2. The molecule has 0 amide bonds. The molecule has 1 aromatic rings. The highest BCUT2D eigenvalue weighted by atomic mass is 16.2. The fraction of sp³-hybridized carbons (Fsp3) is 0.250. The number of carbonyl (C=O) groups excluding carboxylic acids is 1. The normalized spacial score (nSPS) is 13.6. The first-order valence-corrected chi connectivity index (χ1v) is 3.96. The SMILES string of the molecule is CC(=O)n1c2c([nH]c1=O)C=CCN2. The van der Waals surface area contributed by atoms with Crippen LogP contribution >= 0.6 is 0 Å². The molecule has 1 aliphatic rings. The summed E-state index contributed by atoms with van der Waals surface area (Å²) in [5.74, 6) is 0.269. The van der Waals surface area contributed by atoms with E-state index in [0.29, 0.717) is 18.1 Å². The Hall–Kier alpha value is -1.78. The van der Waals surface area contributed by atoms with Gasteiger partial charge in [0.2, 0.25) is 5.91 Å². The average Bonchev–Trinajstić information content (AvgIpc) is 2.39. The summed E-state index contributed by atoms with van der Waals surface area (Å²) in [6.45, 7) is 1.99. The minimum Gasteiger partial charge on any atom is -0.366 e. The quantitative estimate of drug-likeness (QED) is 0.601. The van der Waals surface area contributed by atoms with Gasteiger partial charge in [0, 0.05) is 13.5 Å². The number of carbonyl (C=O) groups is 1. The van der Waals surface area contributed by atoms with E-state index in [0.717, 1.165) is 4.57 Å². The van der Waals surface area contributed by atoms with Gasteiger partial charge in [-0.25, -0.2) is 9.36 Å². The predicted molar refractivity (Wildman–Crippen MR) is 48.9 cm³/mol. The summed E-state index contributed by atoms with van der Waals surface area (Å²) in [6.07, 6.45) is 3.66. The topological polar surface area (TPSA) is 66.9 Å². The molecule has 2 N–H and O–H groups in total. The standard InChI is InChI=1S/C8H9N3O2/c1-5(12)11-7-6(10-8(11)13)3-2-4-9-7/h2-3,9H,4H2,1H3,(H,10,13). The summed E-state index contributed by atoms with van der Waals surface area (Å²) in [4.78, 5) is 24.9. The Balaban J connectivity index is 2.69. The molecule has 0 bridgehead atoms. The summed E-state index contributed by atoms with van der Waals surface area (Å²) in [7, 11) is 0. The molecule has 0 fully saturated rings. The van der Waals surface area contributed by atoms with Gasteiger partial charge < -0.3 is 10.3 Å². The Kier molecular flexibility index (Phi) is 1.58. The van der Waals surface area contributed by atoms with Crippen LogP contribution in [0, 0.1) is 0 Å². The zero-order valence-electron chi connectivity index (χ0n) is 7.13. The van der Waals surface area contributed by atoms with E-state index in [1.165, 1.54) is 6.92 Å². The third kappa shape index (κ3) is 1.09. The van der Waals surface area contributed by atoms with E-state index in [9.17, 15) is 9.59 Å². The number of anilines is 1. The van der Waals surface area contributed by atoms with Crippen LogP contribution < -0.4 is 11.0 Å². The van der Waals surface area contributed by atoms with Gasteiger partial charge in [0.1, 0.15) is 5.82 Å². The van der Waals surface area contributed by atoms with Gasteiger partial charge in [0.05, 0.1) is 5.69 Å². The minimum absolute atomic E-state index is 0.287. The number of imidazole rings is 1. The molecule has 1 aromatic heterocycles. The number of H-pyrrole nitrogens is 1. The fourth-order valence-corrected chi connectivity index (χ4v) is 1.38. The summed E-state index contributed by atoms with van der Waals surface area (Å²) in [5, 5.41) is 2.96. The number of aromatic nitrogens is 2. The molecule has 5 heteroatoms. The average molecular weight is 179 g/mol. The Morgan fingerprint density at radius 2 is 2.38 bits per heavy atom. The van der Waals surface area contributed by atoms with Gasteiger partial charge in [-0.15, -0.1) is 0 Å². The summed E-state index contributed by atoms with van der Waals surface area (Å²) in [5.41, 5.74) is 0.267. The molecule has 0 saturated carbocycles. The van der Waals surface area contributed by atoms with Crippen LogP contribution in [0.4, 0.5) is 5.82 Å². The van der Waals surface area contributed by atoms with Gasteiger partial charge in [0.25, 0.3) is 0 Å². The minimum atomic E-state index is -0.392. The van der Waals surface area contributed by atoms with Gasteiger partial charge in [-0.05, 0) is 6.08 Å². The number of nitrogens with zero attached hydrogens (tertiary/aromatic N) is 1. The maximum Gasteiger partial charge on any atom is 0.334 e. The Bertz CT molecular complexity index is 439. The van der Waals surface area contributed by atoms with Crippen molar-refractivity contribution < 1.29 is 4.79 Å². The molecule has 0 radical (unpaired) electrons. The third-order valence-corrected chi connectivity index (χ3v) is 1.91. The van der Waals surface area contributed by atoms with Gasteiger partial charge >= 0.3 is 5.69 Å². The first-order chi connectivity index (χ1) is 6.20. The molecule has 2 rings (SSSR count). The van der Waals surface area contributed by atoms with Crippen molar-refractivity contribution in [3.05, 3.63) is 22.3 Å². The van der Waals surface area contributed by atoms with Gasteiger partial charge in [-0.3, -0.25) is 4.79 Å². The van der Waals surface area contributed by atoms with E-state index in [-0.39, 0.29) is 5.91 Å². The Morgan fingerprint density at radius 1 is 1.62 bits per heavy atom. The number of rotatable bonds is 0. The monoisotopic (exact) mass is 179 g/mol. The van der Waals surface area contributed by atoms with Crippen molar-refractivity contribution in [3.63, 3.8) is 0 Å². The number of hydrogen-bond acceptors (Lipinski definition) is 3. The Labute approximate surface area is 74.1 Å². The number of fused-ring (bicyclic) bond motifs is 1. The molecule has 0 saturated heterocycles. The smallest absolute Gasteiger partial charge is 0.334 e. The first-order valence-electron chi connectivity index (χ1n) is 3.96. The van der Waals surface area contributed by atoms with Crippen molar-refractivity contribution in [3.8, 4) is 0 Å². The van der Waals surface area contributed by atoms with E-state index in [1.54, 1.807) is 6.08 Å². The third-order valence-electron chi connectivity index (χ3n) is 1.91. The zero-order chi connectivity index (χ0) is 9.42. The van der Waals surface area contributed by atoms with Crippen LogP contribution in [-0.2, 0) is 0 Å². The van der Waals surface area contributed by atoms with E-state index in [2.05, 4.69) is 10.3 Å². The maximum atomic E-state index is 11.3. The maximum absolute atomic E-state index is 11.3. The molecule has 0 aliphatic carbocycles. The molecule has 0 atom stereocenters. The molecule has 5 nitrogen and oxygen atoms in total. The Morgan fingerprint density at radius 3 is 3.08 bits per heavy atom. The van der Waals surface area contributed by atoms with Crippen LogP contribution in [0.5, 0.6) is 0 Å². The molecule has 1 aliphatic heterocycles. The van der Waals surface area contributed by atoms with E-state index < -0.39 is 5.69 Å². The second-order valence-corrected chi connectivity index (χ2v) is 2.83. The van der Waals surface area contributed by atoms with Crippen LogP contribution in [0.3, 0.4) is 0 Å². The molecule has 2 heterocycles. The highest BCUT2D eigenvalue weighted by Gasteiger charge is 2.16. The molecule has 0 spiro atoms. The second kappa shape index (κ2) is 2.62. The van der Waals surface area contributed by atoms with E-state index in [4.69, 9.17) is 0 Å². The molecule has 13 heavy (non-hydrogen) atoms. The second-order valence-electron chi connectivity index (χ2n) is 2.83. The van der Waals surface area contributed by atoms with Crippen LogP contribution in [0.15, 0.2) is 10.9 Å². The van der Waals surface area contributed by atoms with Crippen LogP contribution in [0.2, 0.25) is 0 Å². The lowest BCUT2D eigenvalue weighted by molar-refractivity contribution is 0.0935.